The number of carbonyl (C=O) groups excluding carboxylic acids is 1. The lowest BCUT2D eigenvalue weighted by atomic mass is 9.94. The highest BCUT2D eigenvalue weighted by molar-refractivity contribution is 6.49. The summed E-state index contributed by atoms with van der Waals surface area (Å²) in [5, 5.41) is 3.02. The van der Waals surface area contributed by atoms with Crippen molar-refractivity contribution in [2.24, 2.45) is 4.99 Å². The van der Waals surface area contributed by atoms with E-state index in [9.17, 15) is 4.79 Å². The Morgan fingerprint density at radius 2 is 1.69 bits per heavy atom. The average Bonchev–Trinajstić information content (AvgIpc) is 3.21. The molecule has 0 unspecified atom stereocenters. The van der Waals surface area contributed by atoms with Gasteiger partial charge in [-0.3, -0.25) is 24.7 Å². The van der Waals surface area contributed by atoms with Crippen LogP contribution in [0.3, 0.4) is 0 Å². The van der Waals surface area contributed by atoms with Crippen molar-refractivity contribution in [2.45, 2.75) is 38.6 Å². The summed E-state index contributed by atoms with van der Waals surface area (Å²) in [5.74, 6) is -0.207. The number of fused-ring (bicyclic) bond motifs is 1. The summed E-state index contributed by atoms with van der Waals surface area (Å²) in [6.45, 7) is 3.87. The number of piperidine rings is 1. The molecule has 196 valence electrons. The Morgan fingerprint density at radius 1 is 0.821 bits per heavy atom. The monoisotopic (exact) mass is 515 g/mol. The molecule has 0 spiro atoms. The highest BCUT2D eigenvalue weighted by atomic mass is 16.1. The van der Waals surface area contributed by atoms with Crippen LogP contribution in [0.25, 0.3) is 22.4 Å². The van der Waals surface area contributed by atoms with Crippen molar-refractivity contribution in [1.29, 1.82) is 0 Å². The van der Waals surface area contributed by atoms with Gasteiger partial charge >= 0.3 is 0 Å². The number of anilines is 1. The standard InChI is InChI=1S/C33H33N5O/c39-33(37-29-13-14-31(36-22-29)26-8-3-1-4-9-26)32-30-19-27(12-11-25(30)10-7-15-35-32)28-18-24(20-34-21-28)23-38-16-5-2-6-17-38/h1,3-4,8-9,11-14,18-22H,2,5-7,10,15-17,23H2,(H,37,39). The number of benzene rings is 2. The number of nitrogens with one attached hydrogen (secondary N) is 1. The normalized spacial score (nSPS) is 15.6. The third kappa shape index (κ3) is 5.96. The Bertz CT molecular complexity index is 1470. The third-order valence-electron chi connectivity index (χ3n) is 7.53. The second-order valence-electron chi connectivity index (χ2n) is 10.4. The number of aromatic nitrogens is 2. The molecule has 0 aliphatic carbocycles. The van der Waals surface area contributed by atoms with Gasteiger partial charge in [0.15, 0.2) is 0 Å². The summed E-state index contributed by atoms with van der Waals surface area (Å²) in [6, 6.07) is 22.5. The van der Waals surface area contributed by atoms with Crippen molar-refractivity contribution in [3.05, 3.63) is 102 Å². The number of rotatable bonds is 6. The highest BCUT2D eigenvalue weighted by Crippen LogP contribution is 2.27. The molecule has 1 amide bonds. The Labute approximate surface area is 229 Å². The van der Waals surface area contributed by atoms with Crippen molar-refractivity contribution in [1.82, 2.24) is 14.9 Å². The van der Waals surface area contributed by atoms with Crippen LogP contribution in [0.15, 0.2) is 90.3 Å². The van der Waals surface area contributed by atoms with E-state index in [0.717, 1.165) is 66.0 Å². The van der Waals surface area contributed by atoms with Crippen molar-refractivity contribution >= 4 is 17.3 Å². The molecule has 0 saturated carbocycles. The summed E-state index contributed by atoms with van der Waals surface area (Å²) in [6.07, 6.45) is 11.3. The van der Waals surface area contributed by atoms with E-state index in [1.165, 1.54) is 24.8 Å². The number of nitrogens with zero attached hydrogens (tertiary/aromatic N) is 4. The quantitative estimate of drug-likeness (QED) is 0.333. The minimum Gasteiger partial charge on any atom is -0.319 e. The number of likely N-dealkylation sites (tertiary alicyclic amines) is 1. The lowest BCUT2D eigenvalue weighted by Crippen LogP contribution is -2.29. The largest absolute Gasteiger partial charge is 0.319 e. The third-order valence-corrected chi connectivity index (χ3v) is 7.53. The smallest absolute Gasteiger partial charge is 0.274 e. The van der Waals surface area contributed by atoms with Crippen LogP contribution in [0.2, 0.25) is 0 Å². The second kappa shape index (κ2) is 11.7. The van der Waals surface area contributed by atoms with E-state index in [0.29, 0.717) is 17.9 Å². The molecule has 4 aromatic rings. The van der Waals surface area contributed by atoms with Gasteiger partial charge in [-0.1, -0.05) is 48.9 Å². The van der Waals surface area contributed by atoms with Crippen molar-refractivity contribution in [3.8, 4) is 22.4 Å². The molecule has 39 heavy (non-hydrogen) atoms. The van der Waals surface area contributed by atoms with Crippen LogP contribution >= 0.6 is 0 Å². The molecule has 6 nitrogen and oxygen atoms in total. The molecular weight excluding hydrogens is 482 g/mol. The first kappa shape index (κ1) is 25.1. The van der Waals surface area contributed by atoms with Crippen LogP contribution in [0.4, 0.5) is 5.69 Å². The summed E-state index contributed by atoms with van der Waals surface area (Å²) >= 11 is 0. The van der Waals surface area contributed by atoms with E-state index in [1.807, 2.05) is 54.9 Å². The zero-order valence-corrected chi connectivity index (χ0v) is 22.1. The second-order valence-corrected chi connectivity index (χ2v) is 10.4. The van der Waals surface area contributed by atoms with Crippen LogP contribution in [0, 0.1) is 0 Å². The van der Waals surface area contributed by atoms with Gasteiger partial charge < -0.3 is 5.32 Å². The molecule has 2 aromatic carbocycles. The Hall–Kier alpha value is -4.16. The Morgan fingerprint density at radius 3 is 2.51 bits per heavy atom. The molecule has 6 heteroatoms. The zero-order chi connectivity index (χ0) is 26.4. The number of carbonyl (C=O) groups is 1. The molecule has 2 aliphatic rings. The van der Waals surface area contributed by atoms with Gasteiger partial charge in [0, 0.05) is 42.2 Å². The van der Waals surface area contributed by atoms with Crippen molar-refractivity contribution < 1.29 is 4.79 Å². The van der Waals surface area contributed by atoms with Crippen LogP contribution in [-0.4, -0.2) is 46.1 Å². The lowest BCUT2D eigenvalue weighted by molar-refractivity contribution is -0.110. The summed E-state index contributed by atoms with van der Waals surface area (Å²) < 4.78 is 0. The molecule has 1 saturated heterocycles. The van der Waals surface area contributed by atoms with E-state index in [1.54, 1.807) is 6.20 Å². The zero-order valence-electron chi connectivity index (χ0n) is 22.1. The average molecular weight is 516 g/mol. The first-order valence-corrected chi connectivity index (χ1v) is 13.9. The van der Waals surface area contributed by atoms with Gasteiger partial charge in [0.05, 0.1) is 17.6 Å². The number of pyridine rings is 2. The van der Waals surface area contributed by atoms with Gasteiger partial charge in [-0.15, -0.1) is 0 Å². The van der Waals surface area contributed by atoms with Crippen LogP contribution in [-0.2, 0) is 17.8 Å². The van der Waals surface area contributed by atoms with E-state index in [-0.39, 0.29) is 5.91 Å². The SMILES string of the molecule is O=C(Nc1ccc(-c2ccccc2)nc1)C1=NCCCc2ccc(-c3cncc(CN4CCCCC4)c3)cc21. The maximum absolute atomic E-state index is 13.5. The summed E-state index contributed by atoms with van der Waals surface area (Å²) in [4.78, 5) is 29.8. The maximum Gasteiger partial charge on any atom is 0.274 e. The van der Waals surface area contributed by atoms with E-state index < -0.39 is 0 Å². The number of aryl methyl sites for hydroxylation is 1. The van der Waals surface area contributed by atoms with Crippen LogP contribution < -0.4 is 5.32 Å². The summed E-state index contributed by atoms with van der Waals surface area (Å²) in [7, 11) is 0. The van der Waals surface area contributed by atoms with Gasteiger partial charge in [-0.05, 0) is 79.7 Å². The molecule has 0 atom stereocenters. The van der Waals surface area contributed by atoms with E-state index in [2.05, 4.69) is 44.5 Å². The minimum absolute atomic E-state index is 0.207. The Kier molecular flexibility index (Phi) is 7.54. The first-order valence-electron chi connectivity index (χ1n) is 13.9. The summed E-state index contributed by atoms with van der Waals surface area (Å²) in [5.41, 5.74) is 8.44. The van der Waals surface area contributed by atoms with Crippen LogP contribution in [0.1, 0.15) is 42.4 Å². The molecule has 1 N–H and O–H groups in total. The van der Waals surface area contributed by atoms with E-state index in [4.69, 9.17) is 4.99 Å². The Balaban J connectivity index is 1.23. The molecule has 4 heterocycles. The topological polar surface area (TPSA) is 70.5 Å². The lowest BCUT2D eigenvalue weighted by Gasteiger charge is -2.26. The number of aliphatic imine (C=N–C) groups is 1. The van der Waals surface area contributed by atoms with Gasteiger partial charge in [-0.25, -0.2) is 0 Å². The van der Waals surface area contributed by atoms with Crippen molar-refractivity contribution in [2.75, 3.05) is 25.0 Å². The number of amides is 1. The van der Waals surface area contributed by atoms with Crippen molar-refractivity contribution in [3.63, 3.8) is 0 Å². The van der Waals surface area contributed by atoms with E-state index >= 15 is 0 Å². The first-order chi connectivity index (χ1) is 19.2. The highest BCUT2D eigenvalue weighted by Gasteiger charge is 2.21. The molecular formula is C33H33N5O. The molecule has 2 aliphatic heterocycles. The van der Waals surface area contributed by atoms with Crippen LogP contribution in [0.5, 0.6) is 0 Å². The predicted octanol–water partition coefficient (Wildman–Crippen LogP) is 6.17. The number of hydrogen-bond donors (Lipinski definition) is 1. The fourth-order valence-corrected chi connectivity index (χ4v) is 5.48. The van der Waals surface area contributed by atoms with Gasteiger partial charge in [0.25, 0.3) is 5.91 Å². The molecule has 6 rings (SSSR count). The number of hydrogen-bond acceptors (Lipinski definition) is 5. The predicted molar refractivity (Wildman–Crippen MR) is 157 cm³/mol. The van der Waals surface area contributed by atoms with Gasteiger partial charge in [0.2, 0.25) is 0 Å². The fourth-order valence-electron chi connectivity index (χ4n) is 5.48. The maximum atomic E-state index is 13.5. The molecule has 1 fully saturated rings. The fraction of sp³-hybridized carbons (Fsp3) is 0.273. The van der Waals surface area contributed by atoms with Gasteiger partial charge in [-0.2, -0.15) is 0 Å². The molecule has 0 bridgehead atoms. The minimum atomic E-state index is -0.207. The molecule has 2 aromatic heterocycles. The van der Waals surface area contributed by atoms with Gasteiger partial charge in [0.1, 0.15) is 5.71 Å². The molecule has 0 radical (unpaired) electrons.